The first-order chi connectivity index (χ1) is 12.5. The van der Waals surface area contributed by atoms with Gasteiger partial charge in [-0.25, -0.2) is 9.98 Å². The number of benzene rings is 2. The fourth-order valence-electron chi connectivity index (χ4n) is 2.68. The van der Waals surface area contributed by atoms with Crippen molar-refractivity contribution in [3.63, 3.8) is 0 Å². The first kappa shape index (κ1) is 18.0. The van der Waals surface area contributed by atoms with Crippen molar-refractivity contribution in [3.8, 4) is 28.4 Å². The van der Waals surface area contributed by atoms with Crippen molar-refractivity contribution < 1.29 is 14.6 Å². The molecular weight excluding hydrogens is 352 g/mol. The summed E-state index contributed by atoms with van der Waals surface area (Å²) < 4.78 is 11.3. The highest BCUT2D eigenvalue weighted by Crippen LogP contribution is 2.47. The molecule has 5 nitrogen and oxygen atoms in total. The minimum atomic E-state index is -0.102. The molecule has 0 radical (unpaired) electrons. The van der Waals surface area contributed by atoms with Crippen LogP contribution in [0.1, 0.15) is 19.4 Å². The zero-order valence-corrected chi connectivity index (χ0v) is 15.5. The topological polar surface area (TPSA) is 63.4 Å². The van der Waals surface area contributed by atoms with Crippen LogP contribution in [0.25, 0.3) is 17.2 Å². The van der Waals surface area contributed by atoms with Gasteiger partial charge in [0.05, 0.1) is 13.2 Å². The normalized spacial score (nSPS) is 12.7. The zero-order valence-electron chi connectivity index (χ0n) is 14.7. The Kier molecular flexibility index (Phi) is 5.28. The fraction of sp³-hybridized carbons (Fsp3) is 0.200. The summed E-state index contributed by atoms with van der Waals surface area (Å²) in [5.41, 5.74) is 2.32. The molecule has 0 aromatic heterocycles. The minimum Gasteiger partial charge on any atom is -0.502 e. The van der Waals surface area contributed by atoms with Crippen molar-refractivity contribution in [1.82, 2.24) is 0 Å². The third-order valence-electron chi connectivity index (χ3n) is 3.72. The molecule has 0 unspecified atom stereocenters. The molecule has 0 aliphatic carbocycles. The largest absolute Gasteiger partial charge is 0.502 e. The van der Waals surface area contributed by atoms with Gasteiger partial charge in [-0.2, -0.15) is 0 Å². The third kappa shape index (κ3) is 3.73. The summed E-state index contributed by atoms with van der Waals surface area (Å²) in [6.07, 6.45) is 4.96. The summed E-state index contributed by atoms with van der Waals surface area (Å²) in [5.74, 6) is 1.17. The number of hydrogen-bond acceptors (Lipinski definition) is 5. The minimum absolute atomic E-state index is 0.0493. The lowest BCUT2D eigenvalue weighted by Gasteiger charge is -2.19. The zero-order chi connectivity index (χ0) is 18.7. The van der Waals surface area contributed by atoms with E-state index in [0.29, 0.717) is 27.9 Å². The Morgan fingerprint density at radius 3 is 2.35 bits per heavy atom. The monoisotopic (exact) mass is 370 g/mol. The van der Waals surface area contributed by atoms with Gasteiger partial charge in [-0.3, -0.25) is 0 Å². The summed E-state index contributed by atoms with van der Waals surface area (Å²) >= 11 is 6.01. The van der Waals surface area contributed by atoms with E-state index in [9.17, 15) is 5.11 Å². The van der Waals surface area contributed by atoms with Crippen LogP contribution in [0, 0.1) is 0 Å². The van der Waals surface area contributed by atoms with Gasteiger partial charge in [0.2, 0.25) is 5.75 Å². The van der Waals surface area contributed by atoms with Crippen LogP contribution in [-0.2, 0) is 0 Å². The Morgan fingerprint density at radius 2 is 1.77 bits per heavy atom. The SMILES string of the molecule is COc1c(O)c(OC(C)C)cc(C=C2N=CC=N2)c1-c1ccc(Cl)cc1. The molecule has 0 saturated heterocycles. The van der Waals surface area contributed by atoms with Gasteiger partial charge in [-0.15, -0.1) is 0 Å². The highest BCUT2D eigenvalue weighted by Gasteiger charge is 2.21. The standard InChI is InChI=1S/C20H19ClN2O3/c1-12(2)26-16-10-14(11-17-22-8-9-23-17)18(20(25-3)19(16)24)13-4-6-15(21)7-5-13/h4-12,24H,1-3H3. The summed E-state index contributed by atoms with van der Waals surface area (Å²) in [5, 5.41) is 11.3. The van der Waals surface area contributed by atoms with E-state index >= 15 is 0 Å². The van der Waals surface area contributed by atoms with Crippen LogP contribution in [0.3, 0.4) is 0 Å². The van der Waals surface area contributed by atoms with Crippen molar-refractivity contribution >= 4 is 30.1 Å². The lowest BCUT2D eigenvalue weighted by atomic mass is 9.97. The number of phenols is 1. The molecule has 1 heterocycles. The molecule has 26 heavy (non-hydrogen) atoms. The summed E-state index contributed by atoms with van der Waals surface area (Å²) in [7, 11) is 1.51. The van der Waals surface area contributed by atoms with Gasteiger partial charge in [0.25, 0.3) is 0 Å². The van der Waals surface area contributed by atoms with E-state index in [1.165, 1.54) is 7.11 Å². The molecule has 0 spiro atoms. The van der Waals surface area contributed by atoms with Crippen LogP contribution in [0.15, 0.2) is 46.1 Å². The van der Waals surface area contributed by atoms with Crippen LogP contribution in [0.5, 0.6) is 17.2 Å². The molecule has 0 amide bonds. The second kappa shape index (κ2) is 7.62. The van der Waals surface area contributed by atoms with Crippen LogP contribution < -0.4 is 9.47 Å². The molecule has 0 saturated carbocycles. The van der Waals surface area contributed by atoms with Crippen molar-refractivity contribution in [2.24, 2.45) is 9.98 Å². The number of halogens is 1. The fourth-order valence-corrected chi connectivity index (χ4v) is 2.81. The van der Waals surface area contributed by atoms with Crippen LogP contribution >= 0.6 is 11.6 Å². The number of hydrogen-bond donors (Lipinski definition) is 1. The molecule has 1 N–H and O–H groups in total. The predicted molar refractivity (Wildman–Crippen MR) is 106 cm³/mol. The van der Waals surface area contributed by atoms with Gasteiger partial charge in [0.1, 0.15) is 0 Å². The third-order valence-corrected chi connectivity index (χ3v) is 3.97. The van der Waals surface area contributed by atoms with E-state index in [1.807, 2.05) is 32.1 Å². The number of nitrogens with zero attached hydrogens (tertiary/aromatic N) is 2. The molecule has 3 rings (SSSR count). The first-order valence-corrected chi connectivity index (χ1v) is 8.52. The van der Waals surface area contributed by atoms with E-state index in [-0.39, 0.29) is 11.9 Å². The van der Waals surface area contributed by atoms with Gasteiger partial charge in [-0.1, -0.05) is 23.7 Å². The number of ether oxygens (including phenoxy) is 2. The van der Waals surface area contributed by atoms with E-state index < -0.39 is 0 Å². The first-order valence-electron chi connectivity index (χ1n) is 8.14. The average Bonchev–Trinajstić information content (AvgIpc) is 3.11. The summed E-state index contributed by atoms with van der Waals surface area (Å²) in [4.78, 5) is 8.39. The molecular formula is C20H19ClN2O3. The van der Waals surface area contributed by atoms with Gasteiger partial charge in [0, 0.05) is 23.0 Å². The van der Waals surface area contributed by atoms with E-state index in [1.54, 1.807) is 30.6 Å². The molecule has 1 aliphatic rings. The predicted octanol–water partition coefficient (Wildman–Crippen LogP) is 4.96. The molecule has 1 aliphatic heterocycles. The second-order valence-electron chi connectivity index (χ2n) is 5.95. The maximum atomic E-state index is 10.7. The molecule has 2 aromatic carbocycles. The van der Waals surface area contributed by atoms with Gasteiger partial charge in [0.15, 0.2) is 17.3 Å². The van der Waals surface area contributed by atoms with Crippen LogP contribution in [0.4, 0.5) is 0 Å². The van der Waals surface area contributed by atoms with Crippen LogP contribution in [-0.4, -0.2) is 30.7 Å². The summed E-state index contributed by atoms with van der Waals surface area (Å²) in [6, 6.07) is 9.07. The van der Waals surface area contributed by atoms with Crippen molar-refractivity contribution in [2.45, 2.75) is 20.0 Å². The molecule has 0 bridgehead atoms. The number of phenolic OH excluding ortho intramolecular Hbond substituents is 1. The summed E-state index contributed by atoms with van der Waals surface area (Å²) in [6.45, 7) is 3.78. The lowest BCUT2D eigenvalue weighted by Crippen LogP contribution is -2.07. The number of rotatable bonds is 5. The second-order valence-corrected chi connectivity index (χ2v) is 6.39. The van der Waals surface area contributed by atoms with Gasteiger partial charge >= 0.3 is 0 Å². The Bertz CT molecular complexity index is 886. The van der Waals surface area contributed by atoms with E-state index in [2.05, 4.69) is 9.98 Å². The Labute approximate surface area is 157 Å². The van der Waals surface area contributed by atoms with E-state index in [4.69, 9.17) is 21.1 Å². The van der Waals surface area contributed by atoms with Gasteiger partial charge in [-0.05, 0) is 49.2 Å². The van der Waals surface area contributed by atoms with Crippen molar-refractivity contribution in [1.29, 1.82) is 0 Å². The highest BCUT2D eigenvalue weighted by atomic mass is 35.5. The Morgan fingerprint density at radius 1 is 1.12 bits per heavy atom. The molecule has 134 valence electrons. The molecule has 2 aromatic rings. The Balaban J connectivity index is 2.26. The Hall–Kier alpha value is -2.79. The van der Waals surface area contributed by atoms with Crippen molar-refractivity contribution in [3.05, 3.63) is 46.7 Å². The smallest absolute Gasteiger partial charge is 0.201 e. The van der Waals surface area contributed by atoms with Crippen LogP contribution in [0.2, 0.25) is 5.02 Å². The molecule has 6 heteroatoms. The number of methoxy groups -OCH3 is 1. The van der Waals surface area contributed by atoms with Crippen molar-refractivity contribution in [2.75, 3.05) is 7.11 Å². The van der Waals surface area contributed by atoms with Gasteiger partial charge < -0.3 is 14.6 Å². The lowest BCUT2D eigenvalue weighted by molar-refractivity contribution is 0.228. The maximum Gasteiger partial charge on any atom is 0.201 e. The van der Waals surface area contributed by atoms with E-state index in [0.717, 1.165) is 11.1 Å². The molecule has 0 fully saturated rings. The quantitative estimate of drug-likeness (QED) is 0.808. The number of aliphatic imine (C=N–C) groups is 2. The average molecular weight is 371 g/mol. The highest BCUT2D eigenvalue weighted by molar-refractivity contribution is 6.30. The molecule has 0 atom stereocenters. The number of aromatic hydroxyl groups is 1. The maximum absolute atomic E-state index is 10.7.